The summed E-state index contributed by atoms with van der Waals surface area (Å²) in [5.74, 6) is -0.873. The number of carbonyl (C=O) groups is 1. The Morgan fingerprint density at radius 2 is 1.75 bits per heavy atom. The van der Waals surface area contributed by atoms with Gasteiger partial charge in [0.25, 0.3) is 0 Å². The van der Waals surface area contributed by atoms with Crippen molar-refractivity contribution < 1.29 is 9.90 Å². The standard InChI is InChI=1S/C17H17NO2/c1-2-13(17(19)20)12-14-8-6-7-11-16(14)18-15-9-4-3-5-10-15/h3-12,18H,2H2,1H3,(H,19,20)/b13-12-. The minimum absolute atomic E-state index is 0.396. The Bertz CT molecular complexity index is 618. The molecule has 0 saturated carbocycles. The van der Waals surface area contributed by atoms with Gasteiger partial charge in [0.2, 0.25) is 0 Å². The van der Waals surface area contributed by atoms with Gasteiger partial charge >= 0.3 is 5.97 Å². The van der Waals surface area contributed by atoms with Crippen LogP contribution in [0.5, 0.6) is 0 Å². The molecule has 102 valence electrons. The van der Waals surface area contributed by atoms with Crippen LogP contribution >= 0.6 is 0 Å². The Hall–Kier alpha value is -2.55. The first-order valence-electron chi connectivity index (χ1n) is 6.55. The first kappa shape index (κ1) is 13.9. The van der Waals surface area contributed by atoms with Gasteiger partial charge in [-0.2, -0.15) is 0 Å². The van der Waals surface area contributed by atoms with E-state index in [1.807, 2.05) is 61.5 Å². The topological polar surface area (TPSA) is 49.3 Å². The van der Waals surface area contributed by atoms with E-state index in [0.717, 1.165) is 16.9 Å². The molecule has 0 spiro atoms. The minimum atomic E-state index is -0.873. The molecule has 3 nitrogen and oxygen atoms in total. The monoisotopic (exact) mass is 267 g/mol. The maximum Gasteiger partial charge on any atom is 0.331 e. The summed E-state index contributed by atoms with van der Waals surface area (Å²) >= 11 is 0. The van der Waals surface area contributed by atoms with E-state index >= 15 is 0 Å². The van der Waals surface area contributed by atoms with Gasteiger partial charge in [-0.3, -0.25) is 0 Å². The van der Waals surface area contributed by atoms with Crippen LogP contribution in [-0.2, 0) is 4.79 Å². The van der Waals surface area contributed by atoms with Gasteiger partial charge in [0.15, 0.2) is 0 Å². The van der Waals surface area contributed by atoms with Crippen molar-refractivity contribution in [2.24, 2.45) is 0 Å². The van der Waals surface area contributed by atoms with Crippen molar-refractivity contribution in [3.8, 4) is 0 Å². The molecular weight excluding hydrogens is 250 g/mol. The van der Waals surface area contributed by atoms with E-state index in [1.54, 1.807) is 6.08 Å². The highest BCUT2D eigenvalue weighted by Gasteiger charge is 2.06. The van der Waals surface area contributed by atoms with E-state index in [0.29, 0.717) is 12.0 Å². The molecule has 0 aromatic heterocycles. The Morgan fingerprint density at radius 3 is 2.40 bits per heavy atom. The number of hydrogen-bond acceptors (Lipinski definition) is 2. The van der Waals surface area contributed by atoms with Crippen LogP contribution in [0.1, 0.15) is 18.9 Å². The van der Waals surface area contributed by atoms with Gasteiger partial charge in [-0.1, -0.05) is 43.3 Å². The maximum atomic E-state index is 11.1. The molecule has 2 aromatic carbocycles. The van der Waals surface area contributed by atoms with Crippen LogP contribution < -0.4 is 5.32 Å². The number of carboxylic acid groups (broad SMARTS) is 1. The Balaban J connectivity index is 2.33. The highest BCUT2D eigenvalue weighted by Crippen LogP contribution is 2.23. The first-order chi connectivity index (χ1) is 9.70. The summed E-state index contributed by atoms with van der Waals surface area (Å²) in [7, 11) is 0. The van der Waals surface area contributed by atoms with Gasteiger partial charge in [-0.15, -0.1) is 0 Å². The normalized spacial score (nSPS) is 11.2. The lowest BCUT2D eigenvalue weighted by atomic mass is 10.1. The fourth-order valence-electron chi connectivity index (χ4n) is 1.92. The molecule has 0 amide bonds. The van der Waals surface area contributed by atoms with Crippen molar-refractivity contribution in [2.75, 3.05) is 5.32 Å². The maximum absolute atomic E-state index is 11.1. The summed E-state index contributed by atoms with van der Waals surface area (Å²) in [6, 6.07) is 17.5. The van der Waals surface area contributed by atoms with Crippen LogP contribution in [0.4, 0.5) is 11.4 Å². The lowest BCUT2D eigenvalue weighted by Gasteiger charge is -2.10. The van der Waals surface area contributed by atoms with Crippen molar-refractivity contribution >= 4 is 23.4 Å². The van der Waals surface area contributed by atoms with Crippen molar-refractivity contribution in [3.05, 3.63) is 65.7 Å². The second-order valence-electron chi connectivity index (χ2n) is 4.41. The highest BCUT2D eigenvalue weighted by molar-refractivity contribution is 5.93. The number of carboxylic acids is 1. The average molecular weight is 267 g/mol. The van der Waals surface area contributed by atoms with E-state index in [-0.39, 0.29) is 0 Å². The zero-order chi connectivity index (χ0) is 14.4. The van der Waals surface area contributed by atoms with E-state index in [1.165, 1.54) is 0 Å². The Labute approximate surface area is 118 Å². The summed E-state index contributed by atoms with van der Waals surface area (Å²) in [6.45, 7) is 1.84. The van der Waals surface area contributed by atoms with Gasteiger partial charge in [0, 0.05) is 16.9 Å². The zero-order valence-electron chi connectivity index (χ0n) is 11.3. The fraction of sp³-hybridized carbons (Fsp3) is 0.118. The third kappa shape index (κ3) is 3.48. The number of hydrogen-bond donors (Lipinski definition) is 2. The summed E-state index contributed by atoms with van der Waals surface area (Å²) in [6.07, 6.45) is 2.21. The van der Waals surface area contributed by atoms with Gasteiger partial charge in [0.1, 0.15) is 0 Å². The highest BCUT2D eigenvalue weighted by atomic mass is 16.4. The van der Waals surface area contributed by atoms with Crippen LogP contribution in [-0.4, -0.2) is 11.1 Å². The summed E-state index contributed by atoms with van der Waals surface area (Å²) in [5, 5.41) is 12.4. The third-order valence-electron chi connectivity index (χ3n) is 3.00. The van der Waals surface area contributed by atoms with Crippen LogP contribution in [0.15, 0.2) is 60.2 Å². The van der Waals surface area contributed by atoms with Crippen LogP contribution in [0.2, 0.25) is 0 Å². The van der Waals surface area contributed by atoms with E-state index in [4.69, 9.17) is 5.11 Å². The molecular formula is C17H17NO2. The second-order valence-corrected chi connectivity index (χ2v) is 4.41. The van der Waals surface area contributed by atoms with Crippen molar-refractivity contribution in [1.29, 1.82) is 0 Å². The number of anilines is 2. The van der Waals surface area contributed by atoms with Gasteiger partial charge in [-0.25, -0.2) is 4.79 Å². The van der Waals surface area contributed by atoms with Crippen LogP contribution in [0.3, 0.4) is 0 Å². The molecule has 0 bridgehead atoms. The Morgan fingerprint density at radius 1 is 1.10 bits per heavy atom. The molecule has 2 N–H and O–H groups in total. The third-order valence-corrected chi connectivity index (χ3v) is 3.00. The van der Waals surface area contributed by atoms with Crippen LogP contribution in [0.25, 0.3) is 6.08 Å². The van der Waals surface area contributed by atoms with Crippen molar-refractivity contribution in [1.82, 2.24) is 0 Å². The SMILES string of the molecule is CC/C(=C/c1ccccc1Nc1ccccc1)C(=O)O. The molecule has 0 heterocycles. The van der Waals surface area contributed by atoms with E-state index in [9.17, 15) is 4.79 Å². The molecule has 0 fully saturated rings. The lowest BCUT2D eigenvalue weighted by molar-refractivity contribution is -0.132. The molecule has 0 aliphatic heterocycles. The van der Waals surface area contributed by atoms with Crippen molar-refractivity contribution in [2.45, 2.75) is 13.3 Å². The van der Waals surface area contributed by atoms with Crippen molar-refractivity contribution in [3.63, 3.8) is 0 Å². The van der Waals surface area contributed by atoms with Gasteiger partial charge < -0.3 is 10.4 Å². The van der Waals surface area contributed by atoms with E-state index < -0.39 is 5.97 Å². The quantitative estimate of drug-likeness (QED) is 0.794. The molecule has 0 aliphatic rings. The predicted molar refractivity (Wildman–Crippen MR) is 82.1 cm³/mol. The van der Waals surface area contributed by atoms with Crippen LogP contribution in [0, 0.1) is 0 Å². The molecule has 2 rings (SSSR count). The average Bonchev–Trinajstić information content (AvgIpc) is 2.47. The minimum Gasteiger partial charge on any atom is -0.478 e. The smallest absolute Gasteiger partial charge is 0.331 e. The molecule has 20 heavy (non-hydrogen) atoms. The summed E-state index contributed by atoms with van der Waals surface area (Å²) in [5.41, 5.74) is 3.13. The lowest BCUT2D eigenvalue weighted by Crippen LogP contribution is -2.00. The number of benzene rings is 2. The number of nitrogens with one attached hydrogen (secondary N) is 1. The molecule has 0 atom stereocenters. The molecule has 0 saturated heterocycles. The predicted octanol–water partition coefficient (Wildman–Crippen LogP) is 4.31. The molecule has 0 radical (unpaired) electrons. The number of aliphatic carboxylic acids is 1. The molecule has 2 aromatic rings. The second kappa shape index (κ2) is 6.57. The number of para-hydroxylation sites is 2. The summed E-state index contributed by atoms with van der Waals surface area (Å²) < 4.78 is 0. The largest absolute Gasteiger partial charge is 0.478 e. The zero-order valence-corrected chi connectivity index (χ0v) is 11.3. The van der Waals surface area contributed by atoms with Gasteiger partial charge in [-0.05, 0) is 36.3 Å². The van der Waals surface area contributed by atoms with Gasteiger partial charge in [0.05, 0.1) is 0 Å². The Kier molecular flexibility index (Phi) is 4.56. The number of rotatable bonds is 5. The molecule has 0 aliphatic carbocycles. The van der Waals surface area contributed by atoms with E-state index in [2.05, 4.69) is 5.32 Å². The molecule has 3 heteroatoms. The summed E-state index contributed by atoms with van der Waals surface area (Å²) in [4.78, 5) is 11.1. The molecule has 0 unspecified atom stereocenters. The first-order valence-corrected chi connectivity index (χ1v) is 6.55. The fourth-order valence-corrected chi connectivity index (χ4v) is 1.92.